The van der Waals surface area contributed by atoms with Gasteiger partial charge in [0, 0.05) is 33.3 Å². The molecule has 2 aromatic carbocycles. The van der Waals surface area contributed by atoms with Crippen LogP contribution in [-0.4, -0.2) is 36.8 Å². The van der Waals surface area contributed by atoms with E-state index in [9.17, 15) is 4.79 Å². The van der Waals surface area contributed by atoms with Gasteiger partial charge in [0.25, 0.3) is 0 Å². The van der Waals surface area contributed by atoms with Gasteiger partial charge in [-0.2, -0.15) is 0 Å². The molecule has 0 bridgehead atoms. The van der Waals surface area contributed by atoms with Crippen molar-refractivity contribution in [1.29, 1.82) is 0 Å². The van der Waals surface area contributed by atoms with Gasteiger partial charge in [-0.1, -0.05) is 18.2 Å². The summed E-state index contributed by atoms with van der Waals surface area (Å²) in [5, 5.41) is 10.5. The van der Waals surface area contributed by atoms with Crippen LogP contribution in [-0.2, 0) is 6.42 Å². The van der Waals surface area contributed by atoms with Gasteiger partial charge in [-0.3, -0.25) is 4.79 Å². The maximum Gasteiger partial charge on any atom is 0.195 e. The Morgan fingerprint density at radius 1 is 1.05 bits per heavy atom. The minimum absolute atomic E-state index is 0.120. The fourth-order valence-electron chi connectivity index (χ4n) is 2.61. The van der Waals surface area contributed by atoms with Crippen molar-refractivity contribution in [1.82, 2.24) is 4.90 Å². The molecule has 114 valence electrons. The summed E-state index contributed by atoms with van der Waals surface area (Å²) in [5.41, 5.74) is 1.28. The zero-order valence-corrected chi connectivity index (χ0v) is 13.4. The first-order valence-corrected chi connectivity index (χ1v) is 8.24. The maximum absolute atomic E-state index is 12.6. The predicted molar refractivity (Wildman–Crippen MR) is 93.9 cm³/mol. The molecule has 0 unspecified atom stereocenters. The van der Waals surface area contributed by atoms with E-state index in [0.717, 1.165) is 38.7 Å². The van der Waals surface area contributed by atoms with Gasteiger partial charge in [0.05, 0.1) is 6.61 Å². The summed E-state index contributed by atoms with van der Waals surface area (Å²) >= 11 is 1.66. The average molecular weight is 313 g/mol. The van der Waals surface area contributed by atoms with E-state index in [2.05, 4.69) is 17.0 Å². The molecule has 0 saturated heterocycles. The predicted octanol–water partition coefficient (Wildman–Crippen LogP) is 2.88. The van der Waals surface area contributed by atoms with Gasteiger partial charge in [0.15, 0.2) is 5.43 Å². The molecule has 3 nitrogen and oxygen atoms in total. The molecular weight excluding hydrogens is 294 g/mol. The molecule has 0 aliphatic rings. The Morgan fingerprint density at radius 3 is 2.64 bits per heavy atom. The van der Waals surface area contributed by atoms with Crippen LogP contribution in [0.25, 0.3) is 20.2 Å². The lowest BCUT2D eigenvalue weighted by Crippen LogP contribution is -2.24. The van der Waals surface area contributed by atoms with Gasteiger partial charge in [0.2, 0.25) is 0 Å². The SMILES string of the molecule is CN(CCO)CCc1ccc2sc3ccccc3c(=O)c2c1. The van der Waals surface area contributed by atoms with E-state index in [-0.39, 0.29) is 12.0 Å². The summed E-state index contributed by atoms with van der Waals surface area (Å²) < 4.78 is 2.08. The van der Waals surface area contributed by atoms with Crippen LogP contribution in [0.4, 0.5) is 0 Å². The minimum atomic E-state index is 0.120. The Hall–Kier alpha value is -1.75. The lowest BCUT2D eigenvalue weighted by Gasteiger charge is -2.14. The van der Waals surface area contributed by atoms with E-state index in [1.165, 1.54) is 0 Å². The van der Waals surface area contributed by atoms with Crippen LogP contribution in [0.1, 0.15) is 5.56 Å². The molecule has 1 heterocycles. The van der Waals surface area contributed by atoms with Crippen molar-refractivity contribution in [2.24, 2.45) is 0 Å². The zero-order valence-electron chi connectivity index (χ0n) is 12.6. The number of nitrogens with zero attached hydrogens (tertiary/aromatic N) is 1. The third-order valence-corrected chi connectivity index (χ3v) is 5.06. The zero-order chi connectivity index (χ0) is 15.5. The second-order valence-corrected chi connectivity index (χ2v) is 6.62. The molecule has 22 heavy (non-hydrogen) atoms. The smallest absolute Gasteiger partial charge is 0.195 e. The molecule has 1 aromatic heterocycles. The number of benzene rings is 2. The highest BCUT2D eigenvalue weighted by Gasteiger charge is 2.07. The lowest BCUT2D eigenvalue weighted by molar-refractivity contribution is 0.223. The van der Waals surface area contributed by atoms with Crippen LogP contribution in [0.3, 0.4) is 0 Å². The van der Waals surface area contributed by atoms with Crippen molar-refractivity contribution in [3.63, 3.8) is 0 Å². The lowest BCUT2D eigenvalue weighted by atomic mass is 10.1. The Bertz CT molecular complexity index is 856. The number of likely N-dealkylation sites (N-methyl/N-ethyl adjacent to an activating group) is 1. The Morgan fingerprint density at radius 2 is 1.82 bits per heavy atom. The monoisotopic (exact) mass is 313 g/mol. The van der Waals surface area contributed by atoms with E-state index in [1.54, 1.807) is 11.3 Å². The number of hydrogen-bond donors (Lipinski definition) is 1. The molecule has 0 saturated carbocycles. The normalized spacial score (nSPS) is 11.6. The minimum Gasteiger partial charge on any atom is -0.395 e. The summed E-state index contributed by atoms with van der Waals surface area (Å²) in [4.78, 5) is 14.7. The van der Waals surface area contributed by atoms with E-state index < -0.39 is 0 Å². The number of rotatable bonds is 5. The van der Waals surface area contributed by atoms with Crippen LogP contribution in [0.2, 0.25) is 0 Å². The van der Waals surface area contributed by atoms with Crippen molar-refractivity contribution >= 4 is 31.5 Å². The molecule has 0 radical (unpaired) electrons. The molecule has 0 spiro atoms. The highest BCUT2D eigenvalue weighted by atomic mass is 32.1. The van der Waals surface area contributed by atoms with E-state index in [4.69, 9.17) is 5.11 Å². The second kappa shape index (κ2) is 6.57. The number of fused-ring (bicyclic) bond motifs is 2. The standard InChI is InChI=1S/C18H19NO2S/c1-19(10-11-20)9-8-13-6-7-17-15(12-13)18(21)14-4-2-3-5-16(14)22-17/h2-7,12,20H,8-11H2,1H3. The van der Waals surface area contributed by atoms with Crippen molar-refractivity contribution in [2.75, 3.05) is 26.7 Å². The van der Waals surface area contributed by atoms with Crippen LogP contribution in [0.15, 0.2) is 47.3 Å². The highest BCUT2D eigenvalue weighted by Crippen LogP contribution is 2.25. The first-order valence-electron chi connectivity index (χ1n) is 7.43. The summed E-state index contributed by atoms with van der Waals surface area (Å²) in [6.07, 6.45) is 0.878. The first-order chi connectivity index (χ1) is 10.7. The van der Waals surface area contributed by atoms with Crippen LogP contribution >= 0.6 is 11.3 Å². The Balaban J connectivity index is 1.97. The van der Waals surface area contributed by atoms with E-state index in [1.807, 2.05) is 37.4 Å². The fraction of sp³-hybridized carbons (Fsp3) is 0.278. The molecule has 4 heteroatoms. The average Bonchev–Trinajstić information content (AvgIpc) is 2.54. The van der Waals surface area contributed by atoms with E-state index >= 15 is 0 Å². The molecular formula is C18H19NO2S. The highest BCUT2D eigenvalue weighted by molar-refractivity contribution is 7.24. The largest absolute Gasteiger partial charge is 0.395 e. The molecule has 1 N–H and O–H groups in total. The maximum atomic E-state index is 12.6. The van der Waals surface area contributed by atoms with Crippen molar-refractivity contribution < 1.29 is 5.11 Å². The van der Waals surface area contributed by atoms with Gasteiger partial charge in [-0.05, 0) is 43.3 Å². The number of aliphatic hydroxyl groups is 1. The van der Waals surface area contributed by atoms with Crippen molar-refractivity contribution in [3.05, 3.63) is 58.3 Å². The molecule has 0 aliphatic heterocycles. The number of aliphatic hydroxyl groups excluding tert-OH is 1. The van der Waals surface area contributed by atoms with Crippen LogP contribution < -0.4 is 5.43 Å². The van der Waals surface area contributed by atoms with E-state index in [0.29, 0.717) is 6.54 Å². The molecule has 0 fully saturated rings. The molecule has 3 aromatic rings. The fourth-order valence-corrected chi connectivity index (χ4v) is 3.66. The van der Waals surface area contributed by atoms with Crippen molar-refractivity contribution in [2.45, 2.75) is 6.42 Å². The molecule has 0 aliphatic carbocycles. The molecule has 3 rings (SSSR count). The summed E-state index contributed by atoms with van der Waals surface area (Å²) in [5.74, 6) is 0. The van der Waals surface area contributed by atoms with Gasteiger partial charge in [0.1, 0.15) is 0 Å². The molecule has 0 atom stereocenters. The summed E-state index contributed by atoms with van der Waals surface area (Å²) in [7, 11) is 1.99. The quantitative estimate of drug-likeness (QED) is 0.736. The second-order valence-electron chi connectivity index (χ2n) is 5.53. The van der Waals surface area contributed by atoms with Gasteiger partial charge >= 0.3 is 0 Å². The van der Waals surface area contributed by atoms with Gasteiger partial charge in [-0.25, -0.2) is 0 Å². The number of hydrogen-bond acceptors (Lipinski definition) is 4. The summed E-state index contributed by atoms with van der Waals surface area (Å²) in [6, 6.07) is 13.9. The van der Waals surface area contributed by atoms with Crippen molar-refractivity contribution in [3.8, 4) is 0 Å². The summed E-state index contributed by atoms with van der Waals surface area (Å²) in [6.45, 7) is 1.72. The Kier molecular flexibility index (Phi) is 4.52. The third-order valence-electron chi connectivity index (χ3n) is 3.90. The topological polar surface area (TPSA) is 40.5 Å². The van der Waals surface area contributed by atoms with Crippen LogP contribution in [0, 0.1) is 0 Å². The van der Waals surface area contributed by atoms with Crippen LogP contribution in [0.5, 0.6) is 0 Å². The van der Waals surface area contributed by atoms with Gasteiger partial charge < -0.3 is 10.0 Å². The molecule has 0 amide bonds. The first kappa shape index (κ1) is 15.2. The third kappa shape index (κ3) is 3.04. The van der Waals surface area contributed by atoms with Gasteiger partial charge in [-0.15, -0.1) is 11.3 Å². The Labute approximate surface area is 133 Å².